The largest absolute Gasteiger partial charge is 0.491 e. The van der Waals surface area contributed by atoms with E-state index in [4.69, 9.17) is 14.2 Å². The summed E-state index contributed by atoms with van der Waals surface area (Å²) in [6, 6.07) is 13.7. The Bertz CT molecular complexity index is 1530. The summed E-state index contributed by atoms with van der Waals surface area (Å²) in [5.74, 6) is -6.78. The van der Waals surface area contributed by atoms with Gasteiger partial charge in [-0.25, -0.2) is 14.6 Å². The number of carbonyl (C=O) groups is 5. The minimum atomic E-state index is -1.50. The van der Waals surface area contributed by atoms with Crippen LogP contribution in [0.4, 0.5) is 11.4 Å². The summed E-state index contributed by atoms with van der Waals surface area (Å²) < 4.78 is 17.3. The SMILES string of the molecule is CCCOc1ccccc1N1C(=O)[C@@H]2C3C(C)=C(C(=O)OCC)C(C)([C@@H]2C1=O)[C@@H]1C(=O)N(c2ccccc2OCCC)C(=O)[C@H]31. The highest BCUT2D eigenvalue weighted by molar-refractivity contribution is 6.28. The molecule has 4 atom stereocenters. The summed E-state index contributed by atoms with van der Waals surface area (Å²) >= 11 is 0. The average molecular weight is 615 g/mol. The fourth-order valence-electron chi connectivity index (χ4n) is 8.24. The van der Waals surface area contributed by atoms with E-state index in [1.165, 1.54) is 0 Å². The van der Waals surface area contributed by atoms with E-state index in [-0.39, 0.29) is 12.2 Å². The van der Waals surface area contributed by atoms with Crippen LogP contribution >= 0.6 is 0 Å². The van der Waals surface area contributed by atoms with Gasteiger partial charge in [0.2, 0.25) is 23.6 Å². The minimum Gasteiger partial charge on any atom is -0.491 e. The monoisotopic (exact) mass is 614 g/mol. The second-order valence-corrected chi connectivity index (χ2v) is 12.3. The predicted octanol–water partition coefficient (Wildman–Crippen LogP) is 4.70. The Morgan fingerprint density at radius 1 is 0.711 bits per heavy atom. The molecule has 2 saturated heterocycles. The molecule has 0 radical (unpaired) electrons. The molecule has 3 fully saturated rings. The van der Waals surface area contributed by atoms with Gasteiger partial charge in [-0.3, -0.25) is 19.2 Å². The van der Waals surface area contributed by atoms with Gasteiger partial charge in [0.25, 0.3) is 0 Å². The number of esters is 1. The summed E-state index contributed by atoms with van der Waals surface area (Å²) in [4.78, 5) is 73.9. The summed E-state index contributed by atoms with van der Waals surface area (Å²) in [5.41, 5.74) is -0.174. The van der Waals surface area contributed by atoms with Crippen molar-refractivity contribution in [3.63, 3.8) is 0 Å². The molecule has 45 heavy (non-hydrogen) atoms. The van der Waals surface area contributed by atoms with Crippen LogP contribution in [0.25, 0.3) is 0 Å². The van der Waals surface area contributed by atoms with Crippen molar-refractivity contribution in [2.75, 3.05) is 29.6 Å². The zero-order valence-electron chi connectivity index (χ0n) is 26.2. The number of hydrogen-bond acceptors (Lipinski definition) is 8. The van der Waals surface area contributed by atoms with Crippen LogP contribution < -0.4 is 19.3 Å². The molecule has 236 valence electrons. The summed E-state index contributed by atoms with van der Waals surface area (Å²) in [7, 11) is 0. The van der Waals surface area contributed by atoms with Crippen LogP contribution in [0.3, 0.4) is 0 Å². The molecule has 1 saturated carbocycles. The van der Waals surface area contributed by atoms with Crippen molar-refractivity contribution in [1.82, 2.24) is 0 Å². The first-order valence-corrected chi connectivity index (χ1v) is 15.7. The number of para-hydroxylation sites is 4. The van der Waals surface area contributed by atoms with Crippen LogP contribution in [0, 0.1) is 35.0 Å². The van der Waals surface area contributed by atoms with Crippen molar-refractivity contribution in [1.29, 1.82) is 0 Å². The first-order valence-electron chi connectivity index (χ1n) is 15.7. The number of rotatable bonds is 10. The Balaban J connectivity index is 1.51. The number of ether oxygens (including phenoxy) is 3. The Kier molecular flexibility index (Phi) is 7.79. The molecule has 10 heteroatoms. The van der Waals surface area contributed by atoms with Crippen LogP contribution in [0.15, 0.2) is 59.7 Å². The molecule has 0 spiro atoms. The molecular weight excluding hydrogens is 576 g/mol. The highest BCUT2D eigenvalue weighted by atomic mass is 16.5. The average Bonchev–Trinajstić information content (AvgIpc) is 3.45. The number of amides is 4. The number of anilines is 2. The van der Waals surface area contributed by atoms with Crippen LogP contribution in [-0.2, 0) is 28.7 Å². The maximum atomic E-state index is 14.6. The minimum absolute atomic E-state index is 0.0842. The summed E-state index contributed by atoms with van der Waals surface area (Å²) in [6.45, 7) is 9.85. The van der Waals surface area contributed by atoms with Gasteiger partial charge in [0.15, 0.2) is 0 Å². The Morgan fingerprint density at radius 3 is 1.58 bits per heavy atom. The number of allylic oxidation sites excluding steroid dienone is 1. The molecule has 2 aliphatic heterocycles. The van der Waals surface area contributed by atoms with Gasteiger partial charge >= 0.3 is 5.97 Å². The van der Waals surface area contributed by atoms with Gasteiger partial charge in [-0.15, -0.1) is 0 Å². The van der Waals surface area contributed by atoms with Crippen LogP contribution in [0.5, 0.6) is 11.5 Å². The standard InChI is InChI=1S/C35H38N2O8/c1-6-17-44-22-15-11-9-13-20(22)36-30(38)25-24-19(4)27(34(42)43-8-3)35(5,28(25)32(36)40)29-26(24)31(39)37(33(29)41)21-14-10-12-16-23(21)45-18-7-2/h9-16,24-26,28-29H,6-8,17-18H2,1-5H3/t24?,25-,26-,28+,29+,35?/m1/s1. The predicted molar refractivity (Wildman–Crippen MR) is 164 cm³/mol. The van der Waals surface area contributed by atoms with E-state index in [0.29, 0.717) is 41.7 Å². The van der Waals surface area contributed by atoms with Gasteiger partial charge in [-0.1, -0.05) is 50.6 Å². The fourth-order valence-corrected chi connectivity index (χ4v) is 8.24. The normalized spacial score (nSPS) is 28.5. The summed E-state index contributed by atoms with van der Waals surface area (Å²) in [6.07, 6.45) is 1.45. The van der Waals surface area contributed by atoms with Crippen LogP contribution in [-0.4, -0.2) is 49.4 Å². The van der Waals surface area contributed by atoms with Crippen molar-refractivity contribution in [2.45, 2.75) is 47.5 Å². The second-order valence-electron chi connectivity index (χ2n) is 12.3. The molecule has 0 unspecified atom stereocenters. The van der Waals surface area contributed by atoms with Crippen molar-refractivity contribution in [3.8, 4) is 11.5 Å². The Morgan fingerprint density at radius 2 is 1.16 bits per heavy atom. The number of nitrogens with zero attached hydrogens (tertiary/aromatic N) is 2. The quantitative estimate of drug-likeness (QED) is 0.279. The lowest BCUT2D eigenvalue weighted by Crippen LogP contribution is -2.61. The molecular formula is C35H38N2O8. The van der Waals surface area contributed by atoms with Gasteiger partial charge in [0.05, 0.1) is 54.9 Å². The molecule has 0 N–H and O–H groups in total. The van der Waals surface area contributed by atoms with Gasteiger partial charge in [-0.2, -0.15) is 0 Å². The van der Waals surface area contributed by atoms with Gasteiger partial charge in [0, 0.05) is 16.9 Å². The number of hydrogen-bond donors (Lipinski definition) is 0. The molecule has 2 bridgehead atoms. The van der Waals surface area contributed by atoms with Gasteiger partial charge < -0.3 is 14.2 Å². The zero-order chi connectivity index (χ0) is 32.2. The lowest BCUT2D eigenvalue weighted by Gasteiger charge is -2.55. The number of benzene rings is 2. The molecule has 2 aromatic carbocycles. The smallest absolute Gasteiger partial charge is 0.334 e. The van der Waals surface area contributed by atoms with E-state index >= 15 is 0 Å². The Labute approximate surface area is 262 Å². The highest BCUT2D eigenvalue weighted by Gasteiger charge is 2.77. The Hall–Kier alpha value is -4.47. The third kappa shape index (κ3) is 4.24. The maximum absolute atomic E-state index is 14.6. The molecule has 10 nitrogen and oxygen atoms in total. The maximum Gasteiger partial charge on any atom is 0.334 e. The van der Waals surface area contributed by atoms with Crippen molar-refractivity contribution in [2.24, 2.45) is 35.0 Å². The van der Waals surface area contributed by atoms with E-state index in [1.807, 2.05) is 13.8 Å². The van der Waals surface area contributed by atoms with E-state index < -0.39 is 64.6 Å². The van der Waals surface area contributed by atoms with Crippen molar-refractivity contribution in [3.05, 3.63) is 59.7 Å². The van der Waals surface area contributed by atoms with E-state index in [0.717, 1.165) is 22.6 Å². The molecule has 3 aliphatic carbocycles. The van der Waals surface area contributed by atoms with Crippen LogP contribution in [0.2, 0.25) is 0 Å². The second kappa shape index (κ2) is 11.5. The topological polar surface area (TPSA) is 120 Å². The van der Waals surface area contributed by atoms with E-state index in [2.05, 4.69) is 0 Å². The van der Waals surface area contributed by atoms with Crippen molar-refractivity contribution < 1.29 is 38.2 Å². The van der Waals surface area contributed by atoms with Crippen molar-refractivity contribution >= 4 is 41.0 Å². The molecule has 2 aromatic rings. The molecule has 5 aliphatic rings. The number of imide groups is 2. The van der Waals surface area contributed by atoms with Crippen LogP contribution in [0.1, 0.15) is 47.5 Å². The fraction of sp³-hybridized carbons (Fsp3) is 0.457. The highest BCUT2D eigenvalue weighted by Crippen LogP contribution is 2.69. The first kappa shape index (κ1) is 30.6. The first-order chi connectivity index (χ1) is 21.6. The third-order valence-electron chi connectivity index (χ3n) is 9.82. The molecule has 2 heterocycles. The lowest BCUT2D eigenvalue weighted by molar-refractivity contribution is -0.155. The van der Waals surface area contributed by atoms with Gasteiger partial charge in [-0.05, 0) is 51.0 Å². The van der Waals surface area contributed by atoms with Gasteiger partial charge in [0.1, 0.15) is 11.5 Å². The van der Waals surface area contributed by atoms with E-state index in [1.54, 1.807) is 69.3 Å². The number of carbonyl (C=O) groups excluding carboxylic acids is 5. The summed E-state index contributed by atoms with van der Waals surface area (Å²) in [5, 5.41) is 0. The molecule has 0 aromatic heterocycles. The third-order valence-corrected chi connectivity index (χ3v) is 9.82. The molecule has 7 rings (SSSR count). The zero-order valence-corrected chi connectivity index (χ0v) is 26.2. The molecule has 4 amide bonds. The van der Waals surface area contributed by atoms with E-state index in [9.17, 15) is 24.0 Å². The lowest BCUT2D eigenvalue weighted by atomic mass is 9.43.